The standard InChI is InChI=1S/C18H16N4O3S/c1-9-8-26-18-15(9)16(11-3-5-12(23)6-4-11)19-13(7-14(24)25)17-21-20-10(2)22(17)18/h3-6,8,13,23H,7H2,1-2H3,(H,24,25)/t13-/m0/s1. The highest BCUT2D eigenvalue weighted by Gasteiger charge is 2.31. The number of phenolic OH excluding ortho intramolecular Hbond substituents is 1. The van der Waals surface area contributed by atoms with Gasteiger partial charge in [0, 0.05) is 11.1 Å². The number of phenols is 1. The molecule has 26 heavy (non-hydrogen) atoms. The van der Waals surface area contributed by atoms with Gasteiger partial charge in [0.15, 0.2) is 5.82 Å². The van der Waals surface area contributed by atoms with Crippen molar-refractivity contribution < 1.29 is 15.0 Å². The number of rotatable bonds is 3. The lowest BCUT2D eigenvalue weighted by Crippen LogP contribution is -2.10. The molecule has 0 fully saturated rings. The molecule has 0 unspecified atom stereocenters. The van der Waals surface area contributed by atoms with E-state index in [0.29, 0.717) is 17.4 Å². The molecule has 0 radical (unpaired) electrons. The van der Waals surface area contributed by atoms with Crippen molar-refractivity contribution in [1.82, 2.24) is 14.8 Å². The minimum atomic E-state index is -0.946. The first kappa shape index (κ1) is 16.5. The number of nitrogens with zero attached hydrogens (tertiary/aromatic N) is 4. The molecule has 2 N–H and O–H groups in total. The summed E-state index contributed by atoms with van der Waals surface area (Å²) in [6, 6.07) is 6.12. The fourth-order valence-corrected chi connectivity index (χ4v) is 4.26. The van der Waals surface area contributed by atoms with Crippen molar-refractivity contribution in [2.24, 2.45) is 4.99 Å². The normalized spacial score (nSPS) is 15.8. The van der Waals surface area contributed by atoms with E-state index in [4.69, 9.17) is 4.99 Å². The Hall–Kier alpha value is -3.00. The van der Waals surface area contributed by atoms with E-state index >= 15 is 0 Å². The van der Waals surface area contributed by atoms with E-state index in [1.807, 2.05) is 23.8 Å². The first-order chi connectivity index (χ1) is 12.5. The zero-order valence-electron chi connectivity index (χ0n) is 14.2. The lowest BCUT2D eigenvalue weighted by Gasteiger charge is -2.10. The van der Waals surface area contributed by atoms with Crippen LogP contribution < -0.4 is 0 Å². The summed E-state index contributed by atoms with van der Waals surface area (Å²) in [5.74, 6) is 0.445. The number of fused-ring (bicyclic) bond motifs is 3. The molecule has 4 rings (SSSR count). The Balaban J connectivity index is 2.00. The van der Waals surface area contributed by atoms with Crippen LogP contribution in [0.1, 0.15) is 40.8 Å². The van der Waals surface area contributed by atoms with Gasteiger partial charge in [-0.2, -0.15) is 0 Å². The molecule has 1 aliphatic rings. The zero-order chi connectivity index (χ0) is 18.4. The number of aryl methyl sites for hydroxylation is 2. The Morgan fingerprint density at radius 1 is 1.23 bits per heavy atom. The molecule has 0 spiro atoms. The van der Waals surface area contributed by atoms with E-state index in [9.17, 15) is 15.0 Å². The van der Waals surface area contributed by atoms with Gasteiger partial charge in [0.1, 0.15) is 22.6 Å². The van der Waals surface area contributed by atoms with Gasteiger partial charge in [-0.1, -0.05) is 0 Å². The first-order valence-corrected chi connectivity index (χ1v) is 8.93. The number of benzene rings is 1. The predicted molar refractivity (Wildman–Crippen MR) is 97.4 cm³/mol. The summed E-state index contributed by atoms with van der Waals surface area (Å²) in [7, 11) is 0. The number of carboxylic acids is 1. The quantitative estimate of drug-likeness (QED) is 0.740. The molecule has 1 atom stereocenters. The van der Waals surface area contributed by atoms with Gasteiger partial charge in [0.2, 0.25) is 0 Å². The summed E-state index contributed by atoms with van der Waals surface area (Å²) < 4.78 is 1.90. The number of aliphatic carboxylic acids is 1. The average molecular weight is 368 g/mol. The molecule has 0 saturated heterocycles. The molecule has 1 aromatic carbocycles. The second-order valence-electron chi connectivity index (χ2n) is 6.18. The minimum absolute atomic E-state index is 0.167. The smallest absolute Gasteiger partial charge is 0.306 e. The highest BCUT2D eigenvalue weighted by molar-refractivity contribution is 7.13. The minimum Gasteiger partial charge on any atom is -0.508 e. The third-order valence-electron chi connectivity index (χ3n) is 4.34. The summed E-state index contributed by atoms with van der Waals surface area (Å²) in [4.78, 5) is 16.2. The highest BCUT2D eigenvalue weighted by atomic mass is 32.1. The molecular formula is C18H16N4O3S. The first-order valence-electron chi connectivity index (χ1n) is 8.05. The van der Waals surface area contributed by atoms with Gasteiger partial charge in [0.25, 0.3) is 0 Å². The van der Waals surface area contributed by atoms with Crippen molar-refractivity contribution in [3.8, 4) is 10.8 Å². The SMILES string of the molecule is Cc1csc2c1C(c1ccc(O)cc1)=N[C@@H](CC(=O)O)c1nnc(C)n1-2. The molecule has 0 bridgehead atoms. The molecule has 0 amide bonds. The van der Waals surface area contributed by atoms with E-state index in [2.05, 4.69) is 10.2 Å². The average Bonchev–Trinajstić information content (AvgIpc) is 3.11. The van der Waals surface area contributed by atoms with Crippen molar-refractivity contribution >= 4 is 23.0 Å². The second kappa shape index (κ2) is 6.06. The van der Waals surface area contributed by atoms with Crippen LogP contribution in [0.4, 0.5) is 0 Å². The third kappa shape index (κ3) is 2.59. The molecule has 3 aromatic rings. The van der Waals surface area contributed by atoms with E-state index < -0.39 is 12.0 Å². The van der Waals surface area contributed by atoms with E-state index in [0.717, 1.165) is 21.7 Å². The maximum atomic E-state index is 11.4. The Morgan fingerprint density at radius 3 is 2.65 bits per heavy atom. The van der Waals surface area contributed by atoms with Crippen LogP contribution in [-0.4, -0.2) is 36.7 Å². The lowest BCUT2D eigenvalue weighted by atomic mass is 10.0. The Kier molecular flexibility index (Phi) is 3.84. The molecule has 7 nitrogen and oxygen atoms in total. The molecule has 0 aliphatic carbocycles. The molecule has 2 aromatic heterocycles. The molecule has 3 heterocycles. The van der Waals surface area contributed by atoms with E-state index in [1.165, 1.54) is 0 Å². The fourth-order valence-electron chi connectivity index (χ4n) is 3.15. The summed E-state index contributed by atoms with van der Waals surface area (Å²) in [5, 5.41) is 30.3. The van der Waals surface area contributed by atoms with Gasteiger partial charge in [-0.3, -0.25) is 14.4 Å². The molecule has 132 valence electrons. The topological polar surface area (TPSA) is 101 Å². The van der Waals surface area contributed by atoms with Crippen LogP contribution in [-0.2, 0) is 4.79 Å². The number of carboxylic acid groups (broad SMARTS) is 1. The Morgan fingerprint density at radius 2 is 1.96 bits per heavy atom. The number of thiophene rings is 1. The van der Waals surface area contributed by atoms with Crippen molar-refractivity contribution in [3.05, 3.63) is 58.0 Å². The van der Waals surface area contributed by atoms with Crippen LogP contribution in [0.15, 0.2) is 34.6 Å². The van der Waals surface area contributed by atoms with Crippen LogP contribution in [0, 0.1) is 13.8 Å². The number of aliphatic imine (C=N–C) groups is 1. The van der Waals surface area contributed by atoms with Crippen LogP contribution in [0.2, 0.25) is 0 Å². The monoisotopic (exact) mass is 368 g/mol. The van der Waals surface area contributed by atoms with Gasteiger partial charge in [0.05, 0.1) is 12.1 Å². The Bertz CT molecular complexity index is 1030. The highest BCUT2D eigenvalue weighted by Crippen LogP contribution is 2.37. The van der Waals surface area contributed by atoms with E-state index in [-0.39, 0.29) is 12.2 Å². The third-order valence-corrected chi connectivity index (χ3v) is 5.42. The van der Waals surface area contributed by atoms with Gasteiger partial charge < -0.3 is 10.2 Å². The van der Waals surface area contributed by atoms with Crippen LogP contribution >= 0.6 is 11.3 Å². The number of hydrogen-bond acceptors (Lipinski definition) is 6. The summed E-state index contributed by atoms with van der Waals surface area (Å²) in [5.41, 5.74) is 3.51. The predicted octanol–water partition coefficient (Wildman–Crippen LogP) is 3.02. The lowest BCUT2D eigenvalue weighted by molar-refractivity contribution is -0.137. The van der Waals surface area contributed by atoms with Crippen molar-refractivity contribution in [2.75, 3.05) is 0 Å². The van der Waals surface area contributed by atoms with Crippen LogP contribution in [0.3, 0.4) is 0 Å². The van der Waals surface area contributed by atoms with Crippen LogP contribution in [0.25, 0.3) is 5.00 Å². The second-order valence-corrected chi connectivity index (χ2v) is 7.04. The summed E-state index contributed by atoms with van der Waals surface area (Å²) in [6.07, 6.45) is -0.173. The zero-order valence-corrected chi connectivity index (χ0v) is 15.0. The fraction of sp³-hybridized carbons (Fsp3) is 0.222. The van der Waals surface area contributed by atoms with E-state index in [1.54, 1.807) is 35.6 Å². The maximum Gasteiger partial charge on any atom is 0.306 e. The van der Waals surface area contributed by atoms with Crippen LogP contribution in [0.5, 0.6) is 5.75 Å². The van der Waals surface area contributed by atoms with Gasteiger partial charge in [-0.15, -0.1) is 21.5 Å². The molecule has 1 aliphatic heterocycles. The molecule has 0 saturated carbocycles. The molecule has 8 heteroatoms. The Labute approximate surface area is 153 Å². The van der Waals surface area contributed by atoms with Crippen molar-refractivity contribution in [1.29, 1.82) is 0 Å². The van der Waals surface area contributed by atoms with Crippen molar-refractivity contribution in [3.63, 3.8) is 0 Å². The van der Waals surface area contributed by atoms with Crippen molar-refractivity contribution in [2.45, 2.75) is 26.3 Å². The van der Waals surface area contributed by atoms with Gasteiger partial charge in [-0.25, -0.2) is 0 Å². The number of carbonyl (C=O) groups is 1. The van der Waals surface area contributed by atoms with Gasteiger partial charge in [-0.05, 0) is 49.1 Å². The maximum absolute atomic E-state index is 11.4. The number of aromatic hydroxyl groups is 1. The summed E-state index contributed by atoms with van der Waals surface area (Å²) >= 11 is 1.55. The molecular weight excluding hydrogens is 352 g/mol. The van der Waals surface area contributed by atoms with Gasteiger partial charge >= 0.3 is 5.97 Å². The number of aromatic nitrogens is 3. The summed E-state index contributed by atoms with van der Waals surface area (Å²) in [6.45, 7) is 3.85. The largest absolute Gasteiger partial charge is 0.508 e. The number of hydrogen-bond donors (Lipinski definition) is 2.